The lowest BCUT2D eigenvalue weighted by Crippen LogP contribution is -2.00. The van der Waals surface area contributed by atoms with Crippen molar-refractivity contribution in [3.05, 3.63) is 176 Å². The number of aromatic nitrogens is 3. The van der Waals surface area contributed by atoms with Crippen LogP contribution in [-0.4, -0.2) is 15.0 Å². The predicted molar refractivity (Wildman–Crippen MR) is 222 cm³/mol. The second-order valence-electron chi connectivity index (χ2n) is 13.5. The zero-order chi connectivity index (χ0) is 34.9. The molecule has 0 spiro atoms. The van der Waals surface area contributed by atoms with Crippen LogP contribution in [-0.2, 0) is 0 Å². The van der Waals surface area contributed by atoms with Crippen LogP contribution < -0.4 is 0 Å². The smallest absolute Gasteiger partial charge is 0.164 e. The van der Waals surface area contributed by atoms with Crippen molar-refractivity contribution in [3.8, 4) is 78.7 Å². The van der Waals surface area contributed by atoms with Gasteiger partial charge < -0.3 is 0 Å². The summed E-state index contributed by atoms with van der Waals surface area (Å²) in [6.07, 6.45) is 0. The lowest BCUT2D eigenvalue weighted by atomic mass is 9.87. The van der Waals surface area contributed by atoms with Crippen LogP contribution in [0.1, 0.15) is 0 Å². The standard InChI is InChI=1S/C49H29N3S/c1-4-13-30(14-5-1)35-26-27-36(46-38-22-11-20-31-19-10-21-37(43(31)38)45(35)46)34-25-28-41-40(29-34)44-39(23-12-24-42(44)53-41)49-51-47(32-15-6-2-7-16-32)50-48(52-49)33-17-8-3-9-18-33/h1-29H. The van der Waals surface area contributed by atoms with E-state index in [1.165, 1.54) is 75.5 Å². The third-order valence-electron chi connectivity index (χ3n) is 10.5. The molecule has 0 bridgehead atoms. The first kappa shape index (κ1) is 29.9. The van der Waals surface area contributed by atoms with Gasteiger partial charge in [0.15, 0.2) is 17.5 Å². The van der Waals surface area contributed by atoms with Gasteiger partial charge in [-0.25, -0.2) is 15.0 Å². The quantitative estimate of drug-likeness (QED) is 0.180. The van der Waals surface area contributed by atoms with Gasteiger partial charge in [0, 0.05) is 36.9 Å². The van der Waals surface area contributed by atoms with Crippen molar-refractivity contribution < 1.29 is 0 Å². The van der Waals surface area contributed by atoms with Crippen molar-refractivity contribution in [2.75, 3.05) is 0 Å². The van der Waals surface area contributed by atoms with Gasteiger partial charge in [-0.15, -0.1) is 11.3 Å². The zero-order valence-electron chi connectivity index (χ0n) is 28.5. The molecule has 2 heterocycles. The Balaban J connectivity index is 1.15. The largest absolute Gasteiger partial charge is 0.208 e. The third-order valence-corrected chi connectivity index (χ3v) is 11.6. The summed E-state index contributed by atoms with van der Waals surface area (Å²) in [4.78, 5) is 15.2. The molecule has 0 saturated heterocycles. The maximum absolute atomic E-state index is 5.13. The van der Waals surface area contributed by atoms with E-state index >= 15 is 0 Å². The minimum absolute atomic E-state index is 0.662. The average Bonchev–Trinajstić information content (AvgIpc) is 3.78. The molecule has 0 aliphatic heterocycles. The highest BCUT2D eigenvalue weighted by atomic mass is 32.1. The summed E-state index contributed by atoms with van der Waals surface area (Å²) in [5.41, 5.74) is 13.0. The van der Waals surface area contributed by atoms with E-state index < -0.39 is 0 Å². The monoisotopic (exact) mass is 691 g/mol. The Morgan fingerprint density at radius 2 is 0.849 bits per heavy atom. The number of thiophene rings is 1. The summed E-state index contributed by atoms with van der Waals surface area (Å²) in [5.74, 6) is 1.99. The molecular formula is C49H29N3S. The van der Waals surface area contributed by atoms with Crippen LogP contribution >= 0.6 is 11.3 Å². The van der Waals surface area contributed by atoms with Gasteiger partial charge in [-0.1, -0.05) is 158 Å². The number of hydrogen-bond donors (Lipinski definition) is 0. The highest BCUT2D eigenvalue weighted by Crippen LogP contribution is 2.55. The summed E-state index contributed by atoms with van der Waals surface area (Å²) >= 11 is 1.81. The number of rotatable bonds is 5. The minimum atomic E-state index is 0.662. The molecule has 53 heavy (non-hydrogen) atoms. The van der Waals surface area contributed by atoms with E-state index in [9.17, 15) is 0 Å². The van der Waals surface area contributed by atoms with Crippen molar-refractivity contribution >= 4 is 42.3 Å². The number of nitrogens with zero attached hydrogens (tertiary/aromatic N) is 3. The molecule has 0 amide bonds. The molecule has 11 rings (SSSR count). The molecule has 10 aromatic rings. The van der Waals surface area contributed by atoms with E-state index in [-0.39, 0.29) is 0 Å². The van der Waals surface area contributed by atoms with Gasteiger partial charge in [0.25, 0.3) is 0 Å². The molecule has 0 saturated carbocycles. The second-order valence-corrected chi connectivity index (χ2v) is 14.6. The Bertz CT molecular complexity index is 2980. The summed E-state index contributed by atoms with van der Waals surface area (Å²) < 4.78 is 2.44. The Kier molecular flexibility index (Phi) is 6.73. The first-order valence-corrected chi connectivity index (χ1v) is 18.7. The van der Waals surface area contributed by atoms with Crippen molar-refractivity contribution in [1.82, 2.24) is 15.0 Å². The van der Waals surface area contributed by atoms with E-state index in [0.29, 0.717) is 17.5 Å². The maximum atomic E-state index is 5.13. The normalized spacial score (nSPS) is 11.8. The second kappa shape index (κ2) is 11.9. The molecule has 2 aromatic heterocycles. The highest BCUT2D eigenvalue weighted by Gasteiger charge is 2.28. The number of benzene rings is 8. The van der Waals surface area contributed by atoms with E-state index in [0.717, 1.165) is 16.7 Å². The van der Waals surface area contributed by atoms with Crippen LogP contribution in [0, 0.1) is 0 Å². The van der Waals surface area contributed by atoms with Crippen LogP contribution in [0.5, 0.6) is 0 Å². The topological polar surface area (TPSA) is 38.7 Å². The van der Waals surface area contributed by atoms with Crippen LogP contribution in [0.4, 0.5) is 0 Å². The van der Waals surface area contributed by atoms with Gasteiger partial charge in [0.1, 0.15) is 0 Å². The van der Waals surface area contributed by atoms with Crippen LogP contribution in [0.25, 0.3) is 110 Å². The maximum Gasteiger partial charge on any atom is 0.164 e. The fourth-order valence-electron chi connectivity index (χ4n) is 8.13. The molecule has 0 radical (unpaired) electrons. The van der Waals surface area contributed by atoms with E-state index in [1.54, 1.807) is 0 Å². The van der Waals surface area contributed by atoms with Gasteiger partial charge in [-0.2, -0.15) is 0 Å². The lowest BCUT2D eigenvalue weighted by Gasteiger charge is -2.16. The minimum Gasteiger partial charge on any atom is -0.208 e. The molecule has 0 atom stereocenters. The molecule has 1 aliphatic carbocycles. The summed E-state index contributed by atoms with van der Waals surface area (Å²) in [5, 5.41) is 4.97. The van der Waals surface area contributed by atoms with E-state index in [2.05, 4.69) is 140 Å². The van der Waals surface area contributed by atoms with Crippen LogP contribution in [0.2, 0.25) is 0 Å². The van der Waals surface area contributed by atoms with Crippen LogP contribution in [0.15, 0.2) is 176 Å². The molecule has 246 valence electrons. The summed E-state index contributed by atoms with van der Waals surface area (Å²) in [7, 11) is 0. The molecule has 8 aromatic carbocycles. The fraction of sp³-hybridized carbons (Fsp3) is 0. The predicted octanol–water partition coefficient (Wildman–Crippen LogP) is 13.4. The third kappa shape index (κ3) is 4.77. The first-order chi connectivity index (χ1) is 26.3. The highest BCUT2D eigenvalue weighted by molar-refractivity contribution is 7.26. The molecule has 0 unspecified atom stereocenters. The van der Waals surface area contributed by atoms with Gasteiger partial charge in [-0.05, 0) is 73.5 Å². The first-order valence-electron chi connectivity index (χ1n) is 17.9. The van der Waals surface area contributed by atoms with Gasteiger partial charge in [0.2, 0.25) is 0 Å². The summed E-state index contributed by atoms with van der Waals surface area (Å²) in [6, 6.07) is 62.7. The summed E-state index contributed by atoms with van der Waals surface area (Å²) in [6.45, 7) is 0. The molecular weight excluding hydrogens is 663 g/mol. The van der Waals surface area contributed by atoms with Gasteiger partial charge >= 0.3 is 0 Å². The fourth-order valence-corrected chi connectivity index (χ4v) is 9.24. The molecule has 0 fully saturated rings. The van der Waals surface area contributed by atoms with Crippen molar-refractivity contribution in [2.45, 2.75) is 0 Å². The Morgan fingerprint density at radius 3 is 1.47 bits per heavy atom. The average molecular weight is 692 g/mol. The molecule has 0 N–H and O–H groups in total. The molecule has 1 aliphatic rings. The zero-order valence-corrected chi connectivity index (χ0v) is 29.3. The van der Waals surface area contributed by atoms with Crippen LogP contribution in [0.3, 0.4) is 0 Å². The van der Waals surface area contributed by atoms with Crippen molar-refractivity contribution in [3.63, 3.8) is 0 Å². The lowest BCUT2D eigenvalue weighted by molar-refractivity contribution is 1.08. The van der Waals surface area contributed by atoms with Gasteiger partial charge in [-0.3, -0.25) is 0 Å². The number of hydrogen-bond acceptors (Lipinski definition) is 4. The van der Waals surface area contributed by atoms with E-state index in [1.807, 2.05) is 47.7 Å². The Labute approximate surface area is 310 Å². The van der Waals surface area contributed by atoms with Gasteiger partial charge in [0.05, 0.1) is 0 Å². The van der Waals surface area contributed by atoms with E-state index in [4.69, 9.17) is 15.0 Å². The van der Waals surface area contributed by atoms with Crippen molar-refractivity contribution in [1.29, 1.82) is 0 Å². The number of fused-ring (bicyclic) bond motifs is 6. The molecule has 4 heteroatoms. The Hall–Kier alpha value is -6.75. The SMILES string of the molecule is c1ccc(-c2nc(-c3ccccc3)nc(-c3cccc4sc5ccc(-c6ccc(-c7ccccc7)c7c6-c6cccc8cccc-7c68)cc5c34)n2)cc1. The Morgan fingerprint density at radius 1 is 0.321 bits per heavy atom. The molecule has 3 nitrogen and oxygen atoms in total. The van der Waals surface area contributed by atoms with Crippen molar-refractivity contribution in [2.24, 2.45) is 0 Å².